The van der Waals surface area contributed by atoms with Crippen molar-refractivity contribution in [3.05, 3.63) is 108 Å². The second-order valence-electron chi connectivity index (χ2n) is 9.95. The van der Waals surface area contributed by atoms with Crippen LogP contribution in [0.4, 0.5) is 26.1 Å². The summed E-state index contributed by atoms with van der Waals surface area (Å²) in [5.41, 5.74) is 4.26. The average molecular weight is 541 g/mol. The molecule has 0 atom stereocenters. The molecular weight excluding hydrogens is 510 g/mol. The number of carbonyl (C=O) groups excluding carboxylic acids is 1. The zero-order chi connectivity index (χ0) is 28.1. The number of allylic oxidation sites excluding steroid dienone is 1. The van der Waals surface area contributed by atoms with Crippen molar-refractivity contribution in [2.24, 2.45) is 0 Å². The molecule has 0 amide bonds. The van der Waals surface area contributed by atoms with Crippen molar-refractivity contribution < 1.29 is 18.7 Å². The van der Waals surface area contributed by atoms with Crippen molar-refractivity contribution in [1.82, 2.24) is 9.97 Å². The minimum Gasteiger partial charge on any atom is -0.506 e. The minimum absolute atomic E-state index is 0.0104. The summed E-state index contributed by atoms with van der Waals surface area (Å²) < 4.78 is 28.6. The predicted octanol–water partition coefficient (Wildman–Crippen LogP) is 6.75. The second-order valence-corrected chi connectivity index (χ2v) is 9.95. The third kappa shape index (κ3) is 6.51. The van der Waals surface area contributed by atoms with Gasteiger partial charge in [0.05, 0.1) is 11.4 Å². The number of nitrogens with zero attached hydrogens (tertiary/aromatic N) is 3. The zero-order valence-electron chi connectivity index (χ0n) is 22.0. The van der Waals surface area contributed by atoms with E-state index in [2.05, 4.69) is 21.8 Å². The highest BCUT2D eigenvalue weighted by atomic mass is 19.1. The Balaban J connectivity index is 1.52. The van der Waals surface area contributed by atoms with Gasteiger partial charge in [0.15, 0.2) is 5.78 Å². The Morgan fingerprint density at radius 1 is 1.00 bits per heavy atom. The molecule has 0 spiro atoms. The number of carbonyl (C=O) groups is 1. The van der Waals surface area contributed by atoms with E-state index in [1.807, 2.05) is 6.07 Å². The molecule has 5 rings (SSSR count). The molecule has 4 aromatic rings. The van der Waals surface area contributed by atoms with Crippen LogP contribution in [0.15, 0.2) is 79.5 Å². The van der Waals surface area contributed by atoms with Gasteiger partial charge in [0.1, 0.15) is 17.4 Å². The largest absolute Gasteiger partial charge is 0.506 e. The van der Waals surface area contributed by atoms with Crippen molar-refractivity contribution >= 4 is 23.1 Å². The fourth-order valence-electron chi connectivity index (χ4n) is 4.99. The van der Waals surface area contributed by atoms with Crippen LogP contribution in [0, 0.1) is 11.6 Å². The van der Waals surface area contributed by atoms with Crippen LogP contribution >= 0.6 is 0 Å². The molecule has 1 aliphatic heterocycles. The smallest absolute Gasteiger partial charge is 0.227 e. The summed E-state index contributed by atoms with van der Waals surface area (Å²) in [6.45, 7) is 5.25. The third-order valence-corrected chi connectivity index (χ3v) is 6.91. The molecule has 2 N–H and O–H groups in total. The second kappa shape index (κ2) is 12.1. The molecular formula is C32H30F2N4O2. The lowest BCUT2D eigenvalue weighted by Crippen LogP contribution is -2.29. The summed E-state index contributed by atoms with van der Waals surface area (Å²) in [4.78, 5) is 23.4. The number of benzene rings is 3. The van der Waals surface area contributed by atoms with Crippen LogP contribution in [0.5, 0.6) is 5.75 Å². The van der Waals surface area contributed by atoms with Crippen molar-refractivity contribution in [2.75, 3.05) is 23.3 Å². The maximum atomic E-state index is 14.7. The number of hydrogen-bond acceptors (Lipinski definition) is 6. The van der Waals surface area contributed by atoms with Crippen molar-refractivity contribution in [1.29, 1.82) is 0 Å². The van der Waals surface area contributed by atoms with Crippen LogP contribution in [-0.2, 0) is 17.6 Å². The van der Waals surface area contributed by atoms with Crippen LogP contribution in [0.1, 0.15) is 36.0 Å². The first-order valence-corrected chi connectivity index (χ1v) is 13.3. The molecule has 1 saturated heterocycles. The van der Waals surface area contributed by atoms with E-state index >= 15 is 0 Å². The zero-order valence-corrected chi connectivity index (χ0v) is 22.0. The van der Waals surface area contributed by atoms with Crippen LogP contribution in [0.2, 0.25) is 0 Å². The Kier molecular flexibility index (Phi) is 8.15. The molecule has 1 aromatic heterocycles. The number of phenols is 1. The van der Waals surface area contributed by atoms with Gasteiger partial charge in [-0.05, 0) is 85.0 Å². The summed E-state index contributed by atoms with van der Waals surface area (Å²) in [5, 5.41) is 13.7. The molecule has 0 unspecified atom stereocenters. The maximum absolute atomic E-state index is 14.7. The van der Waals surface area contributed by atoms with Crippen LogP contribution in [0.25, 0.3) is 11.3 Å². The van der Waals surface area contributed by atoms with Crippen molar-refractivity contribution in [3.8, 4) is 17.0 Å². The number of ketones is 1. The van der Waals surface area contributed by atoms with E-state index in [0.717, 1.165) is 31.6 Å². The first-order valence-electron chi connectivity index (χ1n) is 13.3. The number of halogens is 2. The van der Waals surface area contributed by atoms with E-state index in [-0.39, 0.29) is 29.7 Å². The van der Waals surface area contributed by atoms with E-state index in [9.17, 15) is 18.7 Å². The number of nitrogens with one attached hydrogen (secondary N) is 1. The predicted molar refractivity (Wildman–Crippen MR) is 153 cm³/mol. The summed E-state index contributed by atoms with van der Waals surface area (Å²) in [6.07, 6.45) is 6.51. The number of hydrogen-bond donors (Lipinski definition) is 2. The Morgan fingerprint density at radius 3 is 2.58 bits per heavy atom. The monoisotopic (exact) mass is 540 g/mol. The van der Waals surface area contributed by atoms with Crippen LogP contribution in [-0.4, -0.2) is 33.9 Å². The highest BCUT2D eigenvalue weighted by Crippen LogP contribution is 2.34. The highest BCUT2D eigenvalue weighted by Gasteiger charge is 2.17. The Hall–Kier alpha value is -4.59. The molecule has 1 fully saturated rings. The minimum atomic E-state index is -0.501. The van der Waals surface area contributed by atoms with E-state index in [0.29, 0.717) is 40.1 Å². The molecule has 204 valence electrons. The first-order chi connectivity index (χ1) is 19.4. The lowest BCUT2D eigenvalue weighted by molar-refractivity contribution is -0.114. The Labute approximate surface area is 232 Å². The molecule has 0 bridgehead atoms. The van der Waals surface area contributed by atoms with E-state index in [1.165, 1.54) is 36.8 Å². The van der Waals surface area contributed by atoms with Gasteiger partial charge in [-0.2, -0.15) is 0 Å². The number of anilines is 3. The number of aromatic nitrogens is 2. The molecule has 3 aromatic carbocycles. The highest BCUT2D eigenvalue weighted by molar-refractivity contribution is 5.91. The molecule has 1 aliphatic rings. The van der Waals surface area contributed by atoms with Crippen LogP contribution < -0.4 is 10.2 Å². The number of piperidine rings is 1. The van der Waals surface area contributed by atoms with E-state index in [4.69, 9.17) is 4.98 Å². The van der Waals surface area contributed by atoms with Gasteiger partial charge >= 0.3 is 0 Å². The van der Waals surface area contributed by atoms with Gasteiger partial charge in [0.2, 0.25) is 5.95 Å². The maximum Gasteiger partial charge on any atom is 0.227 e. The van der Waals surface area contributed by atoms with Gasteiger partial charge in [-0.15, -0.1) is 0 Å². The van der Waals surface area contributed by atoms with E-state index in [1.54, 1.807) is 36.5 Å². The third-order valence-electron chi connectivity index (χ3n) is 6.91. The lowest BCUT2D eigenvalue weighted by Gasteiger charge is -2.29. The summed E-state index contributed by atoms with van der Waals surface area (Å²) in [7, 11) is 0. The SMILES string of the molecule is C=CC(=O)Cc1cc(F)cc(-c2nc(Nc3ccc(O)c(N4CCCCC4)c3)ncc2Cc2cccc(F)c2)c1. The van der Waals surface area contributed by atoms with Gasteiger partial charge in [0, 0.05) is 48.9 Å². The van der Waals surface area contributed by atoms with Gasteiger partial charge < -0.3 is 15.3 Å². The topological polar surface area (TPSA) is 78.3 Å². The summed E-state index contributed by atoms with van der Waals surface area (Å²) in [6, 6.07) is 15.9. The molecule has 2 heterocycles. The first kappa shape index (κ1) is 27.0. The normalized spacial score (nSPS) is 13.2. The standard InChI is InChI=1S/C32H30F2N4O2/c1-2-28(39)17-22-14-23(18-26(34)16-22)31-24(13-21-7-6-8-25(33)15-21)20-35-32(37-31)36-27-9-10-30(40)29(19-27)38-11-4-3-5-12-38/h2,6-10,14-16,18-20,40H,1,3-5,11-13,17H2,(H,35,36,37). The Bertz CT molecular complexity index is 1550. The molecule has 0 saturated carbocycles. The van der Waals surface area contributed by atoms with Crippen molar-refractivity contribution in [2.45, 2.75) is 32.1 Å². The van der Waals surface area contributed by atoms with E-state index < -0.39 is 5.82 Å². The van der Waals surface area contributed by atoms with Gasteiger partial charge in [-0.3, -0.25) is 4.79 Å². The lowest BCUT2D eigenvalue weighted by atomic mass is 9.98. The average Bonchev–Trinajstić information content (AvgIpc) is 2.95. The van der Waals surface area contributed by atoms with Gasteiger partial charge in [-0.25, -0.2) is 18.7 Å². The fraction of sp³-hybridized carbons (Fsp3) is 0.219. The molecule has 0 aliphatic carbocycles. The fourth-order valence-corrected chi connectivity index (χ4v) is 4.99. The number of aromatic hydroxyl groups is 1. The van der Waals surface area contributed by atoms with Gasteiger partial charge in [0.25, 0.3) is 0 Å². The van der Waals surface area contributed by atoms with Crippen LogP contribution in [0.3, 0.4) is 0 Å². The molecule has 40 heavy (non-hydrogen) atoms. The van der Waals surface area contributed by atoms with Crippen molar-refractivity contribution in [3.63, 3.8) is 0 Å². The summed E-state index contributed by atoms with van der Waals surface area (Å²) in [5.74, 6) is -0.592. The molecule has 6 nitrogen and oxygen atoms in total. The number of phenolic OH excluding ortho intramolecular Hbond substituents is 1. The number of rotatable bonds is 9. The molecule has 0 radical (unpaired) electrons. The Morgan fingerprint density at radius 2 is 1.80 bits per heavy atom. The van der Waals surface area contributed by atoms with Gasteiger partial charge in [-0.1, -0.05) is 18.7 Å². The quantitative estimate of drug-likeness (QED) is 0.181. The molecule has 8 heteroatoms. The summed E-state index contributed by atoms with van der Waals surface area (Å²) >= 11 is 0.